The summed E-state index contributed by atoms with van der Waals surface area (Å²) >= 11 is 0. The van der Waals surface area contributed by atoms with Gasteiger partial charge in [-0.3, -0.25) is 0 Å². The first-order valence-corrected chi connectivity index (χ1v) is 5.49. The molecular weight excluding hydrogens is 212 g/mol. The van der Waals surface area contributed by atoms with E-state index in [1.54, 1.807) is 12.1 Å². The Morgan fingerprint density at radius 1 is 1.47 bits per heavy atom. The van der Waals surface area contributed by atoms with Crippen LogP contribution in [0.4, 0.5) is 5.82 Å². The predicted molar refractivity (Wildman–Crippen MR) is 67.1 cm³/mol. The van der Waals surface area contributed by atoms with Gasteiger partial charge in [-0.05, 0) is 12.1 Å². The minimum Gasteiger partial charge on any atom is -0.383 e. The molecule has 1 aromatic heterocycles. The van der Waals surface area contributed by atoms with Gasteiger partial charge in [0.05, 0.1) is 11.6 Å². The van der Waals surface area contributed by atoms with E-state index >= 15 is 0 Å². The van der Waals surface area contributed by atoms with Gasteiger partial charge in [0.1, 0.15) is 17.3 Å². The molecule has 0 saturated carbocycles. The van der Waals surface area contributed by atoms with E-state index in [0.717, 1.165) is 23.5 Å². The molecule has 1 aromatic carbocycles. The molecule has 2 aromatic rings. The van der Waals surface area contributed by atoms with Crippen LogP contribution in [0.3, 0.4) is 0 Å². The van der Waals surface area contributed by atoms with E-state index in [1.807, 2.05) is 30.7 Å². The fraction of sp³-hybridized carbons (Fsp3) is 0.231. The summed E-state index contributed by atoms with van der Waals surface area (Å²) in [6.45, 7) is 2.04. The minimum atomic E-state index is 0.616. The zero-order valence-electron chi connectivity index (χ0n) is 9.94. The standard InChI is InChI=1S/C13H14N4/c1-3-11-16-12(13(15)17(11)2)10-6-4-5-9(7-10)8-14/h4-7H,3,15H2,1-2H3. The summed E-state index contributed by atoms with van der Waals surface area (Å²) in [5.74, 6) is 1.58. The Hall–Kier alpha value is -2.28. The van der Waals surface area contributed by atoms with Crippen LogP contribution in [0.5, 0.6) is 0 Å². The molecule has 0 radical (unpaired) electrons. The van der Waals surface area contributed by atoms with E-state index in [9.17, 15) is 0 Å². The molecule has 0 saturated heterocycles. The van der Waals surface area contributed by atoms with Gasteiger partial charge in [-0.25, -0.2) is 4.98 Å². The lowest BCUT2D eigenvalue weighted by Gasteiger charge is -2.01. The quantitative estimate of drug-likeness (QED) is 0.852. The zero-order valence-corrected chi connectivity index (χ0v) is 9.94. The normalized spacial score (nSPS) is 10.2. The monoisotopic (exact) mass is 226 g/mol. The van der Waals surface area contributed by atoms with Crippen LogP contribution in [0, 0.1) is 11.3 Å². The maximum absolute atomic E-state index is 8.88. The molecule has 0 fully saturated rings. The molecule has 0 aliphatic rings. The topological polar surface area (TPSA) is 67.6 Å². The van der Waals surface area contributed by atoms with E-state index in [4.69, 9.17) is 11.0 Å². The number of benzene rings is 1. The fourth-order valence-electron chi connectivity index (χ4n) is 1.82. The van der Waals surface area contributed by atoms with E-state index in [-0.39, 0.29) is 0 Å². The van der Waals surface area contributed by atoms with Crippen molar-refractivity contribution in [3.05, 3.63) is 35.7 Å². The molecular formula is C13H14N4. The first-order valence-electron chi connectivity index (χ1n) is 5.49. The number of nitrogen functional groups attached to an aromatic ring is 1. The third-order valence-corrected chi connectivity index (χ3v) is 2.81. The molecule has 2 N–H and O–H groups in total. The molecule has 0 bridgehead atoms. The molecule has 86 valence electrons. The highest BCUT2D eigenvalue weighted by atomic mass is 15.1. The molecule has 2 rings (SSSR count). The molecule has 0 atom stereocenters. The Balaban J connectivity index is 2.57. The van der Waals surface area contributed by atoms with Crippen LogP contribution in [-0.2, 0) is 13.5 Å². The number of anilines is 1. The van der Waals surface area contributed by atoms with Crippen molar-refractivity contribution in [2.75, 3.05) is 5.73 Å². The average molecular weight is 226 g/mol. The van der Waals surface area contributed by atoms with Gasteiger partial charge < -0.3 is 10.3 Å². The third kappa shape index (κ3) is 1.87. The van der Waals surface area contributed by atoms with Crippen LogP contribution in [0.2, 0.25) is 0 Å². The molecule has 0 aliphatic carbocycles. The third-order valence-electron chi connectivity index (χ3n) is 2.81. The Morgan fingerprint density at radius 2 is 2.24 bits per heavy atom. The summed E-state index contributed by atoms with van der Waals surface area (Å²) in [5, 5.41) is 8.88. The summed E-state index contributed by atoms with van der Waals surface area (Å²) in [7, 11) is 1.90. The van der Waals surface area contributed by atoms with Crippen molar-refractivity contribution >= 4 is 5.82 Å². The van der Waals surface area contributed by atoms with Gasteiger partial charge in [-0.15, -0.1) is 0 Å². The highest BCUT2D eigenvalue weighted by molar-refractivity contribution is 5.72. The first kappa shape index (κ1) is 11.2. The lowest BCUT2D eigenvalue weighted by atomic mass is 10.1. The van der Waals surface area contributed by atoms with Gasteiger partial charge in [-0.1, -0.05) is 19.1 Å². The maximum atomic E-state index is 8.88. The Labute approximate surface area is 100 Å². The second-order valence-corrected chi connectivity index (χ2v) is 3.87. The van der Waals surface area contributed by atoms with Gasteiger partial charge in [-0.2, -0.15) is 5.26 Å². The van der Waals surface area contributed by atoms with Gasteiger partial charge >= 0.3 is 0 Å². The van der Waals surface area contributed by atoms with Crippen LogP contribution in [0.1, 0.15) is 18.3 Å². The lowest BCUT2D eigenvalue weighted by Crippen LogP contribution is -2.00. The van der Waals surface area contributed by atoms with Crippen LogP contribution in [0.15, 0.2) is 24.3 Å². The molecule has 1 heterocycles. The number of hydrogen-bond acceptors (Lipinski definition) is 3. The maximum Gasteiger partial charge on any atom is 0.131 e. The predicted octanol–water partition coefficient (Wildman–Crippen LogP) is 2.10. The van der Waals surface area contributed by atoms with E-state index in [0.29, 0.717) is 11.4 Å². The highest BCUT2D eigenvalue weighted by Crippen LogP contribution is 2.26. The number of hydrogen-bond donors (Lipinski definition) is 1. The SMILES string of the molecule is CCc1nc(-c2cccc(C#N)c2)c(N)n1C. The minimum absolute atomic E-state index is 0.616. The Bertz CT molecular complexity index is 590. The molecule has 0 spiro atoms. The van der Waals surface area contributed by atoms with Crippen molar-refractivity contribution in [3.63, 3.8) is 0 Å². The van der Waals surface area contributed by atoms with Gasteiger partial charge in [0, 0.05) is 19.0 Å². The van der Waals surface area contributed by atoms with Crippen LogP contribution in [0.25, 0.3) is 11.3 Å². The van der Waals surface area contributed by atoms with Crippen molar-refractivity contribution in [2.24, 2.45) is 7.05 Å². The van der Waals surface area contributed by atoms with Crippen LogP contribution >= 0.6 is 0 Å². The fourth-order valence-corrected chi connectivity index (χ4v) is 1.82. The Morgan fingerprint density at radius 3 is 2.82 bits per heavy atom. The number of imidazole rings is 1. The van der Waals surface area contributed by atoms with Gasteiger partial charge in [0.25, 0.3) is 0 Å². The summed E-state index contributed by atoms with van der Waals surface area (Å²) in [6.07, 6.45) is 0.832. The number of nitrogens with zero attached hydrogens (tertiary/aromatic N) is 3. The van der Waals surface area contributed by atoms with Crippen molar-refractivity contribution < 1.29 is 0 Å². The molecule has 4 nitrogen and oxygen atoms in total. The lowest BCUT2D eigenvalue weighted by molar-refractivity contribution is 0.816. The molecule has 0 amide bonds. The second kappa shape index (κ2) is 4.30. The average Bonchev–Trinajstić information content (AvgIpc) is 2.66. The molecule has 0 unspecified atom stereocenters. The largest absolute Gasteiger partial charge is 0.383 e. The molecule has 4 heteroatoms. The first-order chi connectivity index (χ1) is 8.17. The van der Waals surface area contributed by atoms with E-state index < -0.39 is 0 Å². The van der Waals surface area contributed by atoms with E-state index in [2.05, 4.69) is 11.1 Å². The van der Waals surface area contributed by atoms with E-state index in [1.165, 1.54) is 0 Å². The number of aryl methyl sites for hydroxylation is 1. The summed E-state index contributed by atoms with van der Waals surface area (Å²) in [6, 6.07) is 9.44. The molecule has 17 heavy (non-hydrogen) atoms. The van der Waals surface area contributed by atoms with Crippen LogP contribution < -0.4 is 5.73 Å². The number of rotatable bonds is 2. The molecule has 0 aliphatic heterocycles. The highest BCUT2D eigenvalue weighted by Gasteiger charge is 2.12. The van der Waals surface area contributed by atoms with Crippen molar-refractivity contribution in [1.82, 2.24) is 9.55 Å². The van der Waals surface area contributed by atoms with Crippen molar-refractivity contribution in [2.45, 2.75) is 13.3 Å². The summed E-state index contributed by atoms with van der Waals surface area (Å²) in [4.78, 5) is 4.50. The number of nitrogens with two attached hydrogens (primary N) is 1. The number of nitriles is 1. The smallest absolute Gasteiger partial charge is 0.131 e. The van der Waals surface area contributed by atoms with Crippen molar-refractivity contribution in [1.29, 1.82) is 5.26 Å². The second-order valence-electron chi connectivity index (χ2n) is 3.87. The van der Waals surface area contributed by atoms with Crippen molar-refractivity contribution in [3.8, 4) is 17.3 Å². The Kier molecular flexibility index (Phi) is 2.84. The zero-order chi connectivity index (χ0) is 12.4. The summed E-state index contributed by atoms with van der Waals surface area (Å²) in [5.41, 5.74) is 8.27. The summed E-state index contributed by atoms with van der Waals surface area (Å²) < 4.78 is 1.88. The van der Waals surface area contributed by atoms with Gasteiger partial charge in [0.2, 0.25) is 0 Å². The number of aromatic nitrogens is 2. The van der Waals surface area contributed by atoms with Crippen LogP contribution in [-0.4, -0.2) is 9.55 Å². The van der Waals surface area contributed by atoms with Gasteiger partial charge in [0.15, 0.2) is 0 Å².